The molecule has 0 aliphatic carbocycles. The molecule has 1 amide bonds. The van der Waals surface area contributed by atoms with E-state index in [-0.39, 0.29) is 17.9 Å². The van der Waals surface area contributed by atoms with Gasteiger partial charge in [-0.05, 0) is 32.9 Å². The number of hydrogen-bond acceptors (Lipinski definition) is 4. The standard InChI is InChI=1S/C23H28N2O3/c1-23(2,3)11-10-17-8-9-21(20-7-5-4-6-19(17)20)28-16-18(26)14-25-13-12-24-22(27)15-25/h4-9,18,26H,12-16H2,1-3H3,(H,24,27). The molecule has 1 heterocycles. The van der Waals surface area contributed by atoms with Crippen LogP contribution in [0.15, 0.2) is 36.4 Å². The highest BCUT2D eigenvalue weighted by Gasteiger charge is 2.19. The number of hydrogen-bond donors (Lipinski definition) is 2. The molecule has 1 unspecified atom stereocenters. The Bertz CT molecular complexity index is 905. The SMILES string of the molecule is CC(C)(C)C#Cc1ccc(OCC(O)CN2CCNC(=O)C2)c2ccccc12. The van der Waals surface area contributed by atoms with E-state index in [0.717, 1.165) is 28.6 Å². The average Bonchev–Trinajstić information content (AvgIpc) is 2.64. The van der Waals surface area contributed by atoms with Gasteiger partial charge in [-0.15, -0.1) is 0 Å². The number of carbonyl (C=O) groups excluding carboxylic acids is 1. The molecule has 1 fully saturated rings. The Balaban J connectivity index is 1.71. The molecule has 2 aromatic carbocycles. The third-order valence-electron chi connectivity index (χ3n) is 4.47. The minimum atomic E-state index is -0.662. The van der Waals surface area contributed by atoms with Crippen LogP contribution in [0.3, 0.4) is 0 Å². The molecule has 1 saturated heterocycles. The van der Waals surface area contributed by atoms with E-state index >= 15 is 0 Å². The number of ether oxygens (including phenoxy) is 1. The molecular weight excluding hydrogens is 352 g/mol. The van der Waals surface area contributed by atoms with Crippen molar-refractivity contribution in [1.82, 2.24) is 10.2 Å². The predicted molar refractivity (Wildman–Crippen MR) is 111 cm³/mol. The molecule has 2 N–H and O–H groups in total. The van der Waals surface area contributed by atoms with Crippen LogP contribution in [0, 0.1) is 17.3 Å². The summed E-state index contributed by atoms with van der Waals surface area (Å²) in [5, 5.41) is 15.1. The quantitative estimate of drug-likeness (QED) is 0.782. The Hall–Kier alpha value is -2.55. The van der Waals surface area contributed by atoms with Crippen LogP contribution in [0.2, 0.25) is 0 Å². The molecule has 5 nitrogen and oxygen atoms in total. The van der Waals surface area contributed by atoms with Gasteiger partial charge in [-0.3, -0.25) is 9.69 Å². The number of β-amino-alcohol motifs (C(OH)–C–C–N with tert-alkyl or cyclic N) is 1. The van der Waals surface area contributed by atoms with E-state index in [4.69, 9.17) is 4.74 Å². The van der Waals surface area contributed by atoms with E-state index in [9.17, 15) is 9.90 Å². The normalized spacial score (nSPS) is 16.2. The number of piperazine rings is 1. The Labute approximate surface area is 166 Å². The smallest absolute Gasteiger partial charge is 0.234 e. The summed E-state index contributed by atoms with van der Waals surface area (Å²) in [6.45, 7) is 8.55. The first-order valence-electron chi connectivity index (χ1n) is 9.67. The average molecular weight is 380 g/mol. The second kappa shape index (κ2) is 8.64. The molecule has 1 aliphatic heterocycles. The van der Waals surface area contributed by atoms with Crippen LogP contribution in [0.1, 0.15) is 26.3 Å². The summed E-state index contributed by atoms with van der Waals surface area (Å²) >= 11 is 0. The molecule has 1 atom stereocenters. The lowest BCUT2D eigenvalue weighted by atomic mass is 9.96. The number of amides is 1. The topological polar surface area (TPSA) is 61.8 Å². The monoisotopic (exact) mass is 380 g/mol. The molecule has 0 saturated carbocycles. The molecule has 148 valence electrons. The second-order valence-corrected chi connectivity index (χ2v) is 8.21. The maximum atomic E-state index is 11.5. The maximum Gasteiger partial charge on any atom is 0.234 e. The van der Waals surface area contributed by atoms with Crippen LogP contribution in [0.4, 0.5) is 0 Å². The van der Waals surface area contributed by atoms with Crippen molar-refractivity contribution in [3.05, 3.63) is 42.0 Å². The van der Waals surface area contributed by atoms with Gasteiger partial charge in [-0.2, -0.15) is 0 Å². The predicted octanol–water partition coefficient (Wildman–Crippen LogP) is 2.41. The summed E-state index contributed by atoms with van der Waals surface area (Å²) in [6, 6.07) is 11.9. The number of benzene rings is 2. The maximum absolute atomic E-state index is 11.5. The highest BCUT2D eigenvalue weighted by molar-refractivity contribution is 5.93. The van der Waals surface area contributed by atoms with E-state index in [2.05, 4.69) is 37.9 Å². The Morgan fingerprint density at radius 1 is 1.21 bits per heavy atom. The number of aliphatic hydroxyl groups excluding tert-OH is 1. The van der Waals surface area contributed by atoms with Crippen LogP contribution in [-0.4, -0.2) is 54.8 Å². The van der Waals surface area contributed by atoms with Crippen molar-refractivity contribution in [3.63, 3.8) is 0 Å². The molecule has 5 heteroatoms. The molecule has 28 heavy (non-hydrogen) atoms. The fourth-order valence-electron chi connectivity index (χ4n) is 3.15. The zero-order valence-corrected chi connectivity index (χ0v) is 16.8. The van der Waals surface area contributed by atoms with Crippen molar-refractivity contribution < 1.29 is 14.6 Å². The van der Waals surface area contributed by atoms with E-state index < -0.39 is 6.10 Å². The van der Waals surface area contributed by atoms with Gasteiger partial charge in [0.05, 0.1) is 6.54 Å². The van der Waals surface area contributed by atoms with E-state index in [1.54, 1.807) is 0 Å². The van der Waals surface area contributed by atoms with Crippen LogP contribution < -0.4 is 10.1 Å². The fraction of sp³-hybridized carbons (Fsp3) is 0.435. The molecule has 0 radical (unpaired) electrons. The van der Waals surface area contributed by atoms with Gasteiger partial charge in [-0.25, -0.2) is 0 Å². The Morgan fingerprint density at radius 3 is 2.68 bits per heavy atom. The molecule has 0 bridgehead atoms. The summed E-state index contributed by atoms with van der Waals surface area (Å²) in [5.41, 5.74) is 0.906. The largest absolute Gasteiger partial charge is 0.490 e. The van der Waals surface area contributed by atoms with E-state index in [0.29, 0.717) is 19.6 Å². The summed E-state index contributed by atoms with van der Waals surface area (Å²) < 4.78 is 5.92. The summed E-state index contributed by atoms with van der Waals surface area (Å²) in [5.74, 6) is 7.29. The van der Waals surface area contributed by atoms with Gasteiger partial charge >= 0.3 is 0 Å². The van der Waals surface area contributed by atoms with E-state index in [1.807, 2.05) is 41.3 Å². The first-order valence-corrected chi connectivity index (χ1v) is 9.67. The van der Waals surface area contributed by atoms with Gasteiger partial charge < -0.3 is 15.2 Å². The van der Waals surface area contributed by atoms with Crippen molar-refractivity contribution in [3.8, 4) is 17.6 Å². The van der Waals surface area contributed by atoms with Crippen molar-refractivity contribution in [2.24, 2.45) is 5.41 Å². The second-order valence-electron chi connectivity index (χ2n) is 8.21. The van der Waals surface area contributed by atoms with Gasteiger partial charge in [0, 0.05) is 41.4 Å². The van der Waals surface area contributed by atoms with Gasteiger partial charge in [0.2, 0.25) is 5.91 Å². The lowest BCUT2D eigenvalue weighted by Crippen LogP contribution is -2.50. The zero-order chi connectivity index (χ0) is 20.1. The summed E-state index contributed by atoms with van der Waals surface area (Å²) in [4.78, 5) is 13.4. The van der Waals surface area contributed by atoms with Crippen molar-refractivity contribution in [2.75, 3.05) is 32.8 Å². The zero-order valence-electron chi connectivity index (χ0n) is 16.8. The van der Waals surface area contributed by atoms with Gasteiger partial charge in [0.15, 0.2) is 0 Å². The Morgan fingerprint density at radius 2 is 1.96 bits per heavy atom. The first kappa shape index (κ1) is 20.2. The van der Waals surface area contributed by atoms with E-state index in [1.165, 1.54) is 0 Å². The van der Waals surface area contributed by atoms with Gasteiger partial charge in [0.25, 0.3) is 0 Å². The molecule has 2 aromatic rings. The van der Waals surface area contributed by atoms with Crippen molar-refractivity contribution >= 4 is 16.7 Å². The lowest BCUT2D eigenvalue weighted by Gasteiger charge is -2.28. The van der Waals surface area contributed by atoms with Crippen LogP contribution >= 0.6 is 0 Å². The van der Waals surface area contributed by atoms with Crippen molar-refractivity contribution in [2.45, 2.75) is 26.9 Å². The molecule has 0 aromatic heterocycles. The van der Waals surface area contributed by atoms with Gasteiger partial charge in [-0.1, -0.05) is 36.1 Å². The van der Waals surface area contributed by atoms with Crippen LogP contribution in [0.5, 0.6) is 5.75 Å². The third-order valence-corrected chi connectivity index (χ3v) is 4.47. The number of aliphatic hydroxyl groups is 1. The number of carbonyl (C=O) groups is 1. The fourth-order valence-corrected chi connectivity index (χ4v) is 3.15. The van der Waals surface area contributed by atoms with Crippen LogP contribution in [-0.2, 0) is 4.79 Å². The summed E-state index contributed by atoms with van der Waals surface area (Å²) in [6.07, 6.45) is -0.662. The molecule has 1 aliphatic rings. The molecule has 3 rings (SSSR count). The molecule has 0 spiro atoms. The minimum Gasteiger partial charge on any atom is -0.490 e. The minimum absolute atomic E-state index is 0.00248. The highest BCUT2D eigenvalue weighted by atomic mass is 16.5. The molecular formula is C23H28N2O3. The number of nitrogens with zero attached hydrogens (tertiary/aromatic N) is 1. The third kappa shape index (κ3) is 5.48. The summed E-state index contributed by atoms with van der Waals surface area (Å²) in [7, 11) is 0. The van der Waals surface area contributed by atoms with Crippen LogP contribution in [0.25, 0.3) is 10.8 Å². The number of nitrogens with one attached hydrogen (secondary N) is 1. The lowest BCUT2D eigenvalue weighted by molar-refractivity contribution is -0.124. The Kier molecular flexibility index (Phi) is 6.23. The number of rotatable bonds is 5. The van der Waals surface area contributed by atoms with Crippen molar-refractivity contribution in [1.29, 1.82) is 0 Å². The number of fused-ring (bicyclic) bond motifs is 1. The highest BCUT2D eigenvalue weighted by Crippen LogP contribution is 2.28. The first-order chi connectivity index (χ1) is 13.3. The van der Waals surface area contributed by atoms with Gasteiger partial charge in [0.1, 0.15) is 18.5 Å².